The summed E-state index contributed by atoms with van der Waals surface area (Å²) in [5.41, 5.74) is 7.14. The van der Waals surface area contributed by atoms with Crippen LogP contribution in [0.2, 0.25) is 0 Å². The van der Waals surface area contributed by atoms with Gasteiger partial charge in [-0.15, -0.1) is 0 Å². The molecule has 1 aromatic carbocycles. The third-order valence-corrected chi connectivity index (χ3v) is 4.04. The SMILES string of the molecule is CC1CCC(C(=O)Nc2cccc(C(N)=S)c2)CC1. The molecule has 1 aliphatic rings. The number of amides is 1. The summed E-state index contributed by atoms with van der Waals surface area (Å²) in [5.74, 6) is 1.01. The van der Waals surface area contributed by atoms with Crippen LogP contribution < -0.4 is 11.1 Å². The van der Waals surface area contributed by atoms with Gasteiger partial charge in [-0.1, -0.05) is 31.3 Å². The van der Waals surface area contributed by atoms with Crippen molar-refractivity contribution in [3.63, 3.8) is 0 Å². The Morgan fingerprint density at radius 3 is 2.63 bits per heavy atom. The first-order valence-corrected chi connectivity index (χ1v) is 7.18. The van der Waals surface area contributed by atoms with Gasteiger partial charge in [-0.2, -0.15) is 0 Å². The molecular formula is C15H20N2OS. The molecule has 0 saturated heterocycles. The average Bonchev–Trinajstić information content (AvgIpc) is 2.39. The van der Waals surface area contributed by atoms with Gasteiger partial charge in [0.2, 0.25) is 5.91 Å². The molecule has 3 nitrogen and oxygen atoms in total. The maximum absolute atomic E-state index is 12.2. The highest BCUT2D eigenvalue weighted by Crippen LogP contribution is 2.29. The summed E-state index contributed by atoms with van der Waals surface area (Å²) in [6.07, 6.45) is 4.26. The highest BCUT2D eigenvalue weighted by atomic mass is 32.1. The zero-order valence-electron chi connectivity index (χ0n) is 11.2. The minimum absolute atomic E-state index is 0.118. The fraction of sp³-hybridized carbons (Fsp3) is 0.467. The predicted molar refractivity (Wildman–Crippen MR) is 82.1 cm³/mol. The molecular weight excluding hydrogens is 256 g/mol. The van der Waals surface area contributed by atoms with E-state index in [1.807, 2.05) is 24.3 Å². The molecule has 1 fully saturated rings. The van der Waals surface area contributed by atoms with Gasteiger partial charge in [0, 0.05) is 17.2 Å². The molecule has 0 radical (unpaired) electrons. The lowest BCUT2D eigenvalue weighted by Crippen LogP contribution is -2.26. The van der Waals surface area contributed by atoms with Crippen LogP contribution in [0.1, 0.15) is 38.2 Å². The molecule has 0 unspecified atom stereocenters. The highest BCUT2D eigenvalue weighted by Gasteiger charge is 2.24. The van der Waals surface area contributed by atoms with Crippen LogP contribution in [0.4, 0.5) is 5.69 Å². The van der Waals surface area contributed by atoms with Gasteiger partial charge in [0.15, 0.2) is 0 Å². The van der Waals surface area contributed by atoms with Crippen LogP contribution in [0.15, 0.2) is 24.3 Å². The molecule has 0 heterocycles. The number of carbonyl (C=O) groups is 1. The van der Waals surface area contributed by atoms with E-state index in [4.69, 9.17) is 18.0 Å². The molecule has 3 N–H and O–H groups in total. The molecule has 1 amide bonds. The third kappa shape index (κ3) is 3.77. The Balaban J connectivity index is 1.98. The fourth-order valence-electron chi connectivity index (χ4n) is 2.52. The van der Waals surface area contributed by atoms with Crippen molar-refractivity contribution in [2.75, 3.05) is 5.32 Å². The Morgan fingerprint density at radius 1 is 1.32 bits per heavy atom. The number of hydrogen-bond acceptors (Lipinski definition) is 2. The average molecular weight is 276 g/mol. The highest BCUT2D eigenvalue weighted by molar-refractivity contribution is 7.80. The lowest BCUT2D eigenvalue weighted by molar-refractivity contribution is -0.121. The van der Waals surface area contributed by atoms with Gasteiger partial charge >= 0.3 is 0 Å². The fourth-order valence-corrected chi connectivity index (χ4v) is 2.64. The number of carbonyl (C=O) groups excluding carboxylic acids is 1. The molecule has 0 atom stereocenters. The number of thiocarbonyl (C=S) groups is 1. The Labute approximate surface area is 119 Å². The van der Waals surface area contributed by atoms with E-state index < -0.39 is 0 Å². The molecule has 1 aromatic rings. The molecule has 0 aliphatic heterocycles. The van der Waals surface area contributed by atoms with E-state index >= 15 is 0 Å². The largest absolute Gasteiger partial charge is 0.389 e. The van der Waals surface area contributed by atoms with E-state index in [9.17, 15) is 4.79 Å². The smallest absolute Gasteiger partial charge is 0.227 e. The summed E-state index contributed by atoms with van der Waals surface area (Å²) in [6.45, 7) is 2.25. The van der Waals surface area contributed by atoms with Crippen molar-refractivity contribution in [2.24, 2.45) is 17.6 Å². The molecule has 4 heteroatoms. The van der Waals surface area contributed by atoms with Crippen molar-refractivity contribution >= 4 is 28.8 Å². The quantitative estimate of drug-likeness (QED) is 0.834. The van der Waals surface area contributed by atoms with Gasteiger partial charge in [0.05, 0.1) is 0 Å². The number of benzene rings is 1. The summed E-state index contributed by atoms with van der Waals surface area (Å²) < 4.78 is 0. The second kappa shape index (κ2) is 6.15. The van der Waals surface area contributed by atoms with Gasteiger partial charge in [-0.05, 0) is 43.7 Å². The van der Waals surface area contributed by atoms with Gasteiger partial charge in [-0.25, -0.2) is 0 Å². The van der Waals surface area contributed by atoms with Gasteiger partial charge < -0.3 is 11.1 Å². The number of hydrogen-bond donors (Lipinski definition) is 2. The Kier molecular flexibility index (Phi) is 4.53. The molecule has 1 aliphatic carbocycles. The lowest BCUT2D eigenvalue weighted by Gasteiger charge is -2.25. The van der Waals surface area contributed by atoms with Crippen molar-refractivity contribution in [3.8, 4) is 0 Å². The number of nitrogens with two attached hydrogens (primary N) is 1. The molecule has 0 aromatic heterocycles. The third-order valence-electron chi connectivity index (χ3n) is 3.80. The van der Waals surface area contributed by atoms with Crippen LogP contribution in [0.5, 0.6) is 0 Å². The van der Waals surface area contributed by atoms with Gasteiger partial charge in [-0.3, -0.25) is 4.79 Å². The first kappa shape index (κ1) is 14.0. The van der Waals surface area contributed by atoms with Crippen LogP contribution in [-0.2, 0) is 4.79 Å². The van der Waals surface area contributed by atoms with Crippen molar-refractivity contribution < 1.29 is 4.79 Å². The normalized spacial score (nSPS) is 22.8. The minimum atomic E-state index is 0.118. The van der Waals surface area contributed by atoms with Crippen LogP contribution in [0.3, 0.4) is 0 Å². The number of nitrogens with one attached hydrogen (secondary N) is 1. The predicted octanol–water partition coefficient (Wildman–Crippen LogP) is 3.09. The summed E-state index contributed by atoms with van der Waals surface area (Å²) in [7, 11) is 0. The first-order valence-electron chi connectivity index (χ1n) is 6.77. The summed E-state index contributed by atoms with van der Waals surface area (Å²) in [6, 6.07) is 7.39. The maximum Gasteiger partial charge on any atom is 0.227 e. The van der Waals surface area contributed by atoms with Crippen molar-refractivity contribution in [1.29, 1.82) is 0 Å². The van der Waals surface area contributed by atoms with E-state index in [1.165, 1.54) is 0 Å². The maximum atomic E-state index is 12.2. The zero-order valence-corrected chi connectivity index (χ0v) is 12.0. The van der Waals surface area contributed by atoms with Gasteiger partial charge in [0.1, 0.15) is 4.99 Å². The van der Waals surface area contributed by atoms with Crippen LogP contribution in [-0.4, -0.2) is 10.9 Å². The minimum Gasteiger partial charge on any atom is -0.389 e. The van der Waals surface area contributed by atoms with Crippen molar-refractivity contribution in [2.45, 2.75) is 32.6 Å². The molecule has 1 saturated carbocycles. The lowest BCUT2D eigenvalue weighted by atomic mass is 9.82. The van der Waals surface area contributed by atoms with E-state index in [0.717, 1.165) is 42.9 Å². The monoisotopic (exact) mass is 276 g/mol. The number of rotatable bonds is 3. The first-order chi connectivity index (χ1) is 9.06. The standard InChI is InChI=1S/C15H20N2OS/c1-10-5-7-11(8-6-10)15(18)17-13-4-2-3-12(9-13)14(16)19/h2-4,9-11H,5-8H2,1H3,(H2,16,19)(H,17,18). The van der Waals surface area contributed by atoms with E-state index in [0.29, 0.717) is 4.99 Å². The van der Waals surface area contributed by atoms with Gasteiger partial charge in [0.25, 0.3) is 0 Å². The molecule has 0 bridgehead atoms. The topological polar surface area (TPSA) is 55.1 Å². The molecule has 102 valence electrons. The second-order valence-electron chi connectivity index (χ2n) is 5.39. The Hall–Kier alpha value is -1.42. The molecule has 0 spiro atoms. The zero-order chi connectivity index (χ0) is 13.8. The summed E-state index contributed by atoms with van der Waals surface area (Å²) in [4.78, 5) is 12.5. The summed E-state index contributed by atoms with van der Waals surface area (Å²) in [5, 5.41) is 2.97. The van der Waals surface area contributed by atoms with E-state index in [2.05, 4.69) is 12.2 Å². The van der Waals surface area contributed by atoms with Crippen molar-refractivity contribution in [1.82, 2.24) is 0 Å². The molecule has 2 rings (SSSR count). The van der Waals surface area contributed by atoms with Crippen LogP contribution in [0, 0.1) is 11.8 Å². The van der Waals surface area contributed by atoms with E-state index in [-0.39, 0.29) is 11.8 Å². The second-order valence-corrected chi connectivity index (χ2v) is 5.83. The Morgan fingerprint density at radius 2 is 2.00 bits per heavy atom. The molecule has 19 heavy (non-hydrogen) atoms. The Bertz CT molecular complexity index is 479. The van der Waals surface area contributed by atoms with Crippen LogP contribution in [0.25, 0.3) is 0 Å². The number of anilines is 1. The van der Waals surface area contributed by atoms with E-state index in [1.54, 1.807) is 0 Å². The van der Waals surface area contributed by atoms with Crippen molar-refractivity contribution in [3.05, 3.63) is 29.8 Å². The summed E-state index contributed by atoms with van der Waals surface area (Å²) >= 11 is 4.94. The van der Waals surface area contributed by atoms with Crippen LogP contribution >= 0.6 is 12.2 Å².